The molecule has 0 radical (unpaired) electrons. The van der Waals surface area contributed by atoms with Crippen molar-refractivity contribution >= 4 is 17.5 Å². The Morgan fingerprint density at radius 3 is 2.72 bits per heavy atom. The Kier molecular flexibility index (Phi) is 4.61. The topological polar surface area (TPSA) is 41.1 Å². The summed E-state index contributed by atoms with van der Waals surface area (Å²) in [7, 11) is 0. The Bertz CT molecular complexity index is 399. The number of carbonyl (C=O) groups excluding carboxylic acids is 1. The van der Waals surface area contributed by atoms with Gasteiger partial charge in [-0.2, -0.15) is 0 Å². The molecule has 1 aromatic rings. The SMILES string of the molecule is C[C@@H](NC(=O)[C@H]1CCCCN1)c1ccc(Cl)cc1. The molecular weight excluding hydrogens is 248 g/mol. The number of nitrogens with one attached hydrogen (secondary N) is 2. The lowest BCUT2D eigenvalue weighted by molar-refractivity contribution is -0.124. The van der Waals surface area contributed by atoms with Crippen molar-refractivity contribution in [1.29, 1.82) is 0 Å². The van der Waals surface area contributed by atoms with Crippen molar-refractivity contribution < 1.29 is 4.79 Å². The van der Waals surface area contributed by atoms with Crippen LogP contribution in [0.5, 0.6) is 0 Å². The maximum Gasteiger partial charge on any atom is 0.237 e. The number of benzene rings is 1. The summed E-state index contributed by atoms with van der Waals surface area (Å²) >= 11 is 5.85. The number of hydrogen-bond acceptors (Lipinski definition) is 2. The maximum atomic E-state index is 12.0. The summed E-state index contributed by atoms with van der Waals surface area (Å²) in [6, 6.07) is 7.56. The van der Waals surface area contributed by atoms with E-state index in [1.54, 1.807) is 0 Å². The lowest BCUT2D eigenvalue weighted by Gasteiger charge is -2.24. The third-order valence-electron chi connectivity index (χ3n) is 3.36. The molecular formula is C14H19ClN2O. The van der Waals surface area contributed by atoms with Crippen LogP contribution in [0.25, 0.3) is 0 Å². The standard InChI is InChI=1S/C14H19ClN2O/c1-10(11-5-7-12(15)8-6-11)17-14(18)13-4-2-3-9-16-13/h5-8,10,13,16H,2-4,9H2,1H3,(H,17,18)/t10-,13-/m1/s1. The first-order chi connectivity index (χ1) is 8.66. The van der Waals surface area contributed by atoms with Crippen LogP contribution in [0.4, 0.5) is 0 Å². The van der Waals surface area contributed by atoms with Gasteiger partial charge in [0.05, 0.1) is 12.1 Å². The molecule has 1 saturated heterocycles. The van der Waals surface area contributed by atoms with Crippen LogP contribution in [-0.2, 0) is 4.79 Å². The van der Waals surface area contributed by atoms with Gasteiger partial charge in [-0.25, -0.2) is 0 Å². The molecule has 2 rings (SSSR count). The molecule has 1 heterocycles. The molecule has 2 N–H and O–H groups in total. The third kappa shape index (κ3) is 3.47. The Balaban J connectivity index is 1.91. The molecule has 0 spiro atoms. The lowest BCUT2D eigenvalue weighted by Crippen LogP contribution is -2.47. The van der Waals surface area contributed by atoms with Crippen molar-refractivity contribution in [3.05, 3.63) is 34.9 Å². The van der Waals surface area contributed by atoms with Crippen LogP contribution < -0.4 is 10.6 Å². The van der Waals surface area contributed by atoms with E-state index in [1.807, 2.05) is 31.2 Å². The third-order valence-corrected chi connectivity index (χ3v) is 3.61. The van der Waals surface area contributed by atoms with Gasteiger partial charge in [0.1, 0.15) is 0 Å². The van der Waals surface area contributed by atoms with Gasteiger partial charge < -0.3 is 10.6 Å². The lowest BCUT2D eigenvalue weighted by atomic mass is 10.0. The Hall–Kier alpha value is -1.06. The molecule has 3 nitrogen and oxygen atoms in total. The zero-order valence-corrected chi connectivity index (χ0v) is 11.3. The highest BCUT2D eigenvalue weighted by molar-refractivity contribution is 6.30. The van der Waals surface area contributed by atoms with Gasteiger partial charge in [-0.05, 0) is 44.0 Å². The largest absolute Gasteiger partial charge is 0.348 e. The highest BCUT2D eigenvalue weighted by Crippen LogP contribution is 2.16. The molecule has 0 aliphatic carbocycles. The molecule has 0 unspecified atom stereocenters. The van der Waals surface area contributed by atoms with Crippen molar-refractivity contribution in [2.45, 2.75) is 38.3 Å². The number of amides is 1. The summed E-state index contributed by atoms with van der Waals surface area (Å²) in [5, 5.41) is 7.01. The van der Waals surface area contributed by atoms with Gasteiger partial charge in [0, 0.05) is 5.02 Å². The summed E-state index contributed by atoms with van der Waals surface area (Å²) in [4.78, 5) is 12.0. The molecule has 1 aromatic carbocycles. The van der Waals surface area contributed by atoms with Crippen LogP contribution in [0.1, 0.15) is 37.8 Å². The summed E-state index contributed by atoms with van der Waals surface area (Å²) in [6.45, 7) is 2.93. The first kappa shape index (κ1) is 13.4. The first-order valence-electron chi connectivity index (χ1n) is 6.46. The van der Waals surface area contributed by atoms with Gasteiger partial charge in [-0.15, -0.1) is 0 Å². The minimum Gasteiger partial charge on any atom is -0.348 e. The van der Waals surface area contributed by atoms with Crippen LogP contribution >= 0.6 is 11.6 Å². The van der Waals surface area contributed by atoms with Crippen molar-refractivity contribution in [1.82, 2.24) is 10.6 Å². The van der Waals surface area contributed by atoms with E-state index in [0.29, 0.717) is 5.02 Å². The van der Waals surface area contributed by atoms with E-state index < -0.39 is 0 Å². The number of rotatable bonds is 3. The summed E-state index contributed by atoms with van der Waals surface area (Å²) in [5.74, 6) is 0.0946. The second kappa shape index (κ2) is 6.21. The predicted molar refractivity (Wildman–Crippen MR) is 73.7 cm³/mol. The second-order valence-electron chi connectivity index (χ2n) is 4.78. The monoisotopic (exact) mass is 266 g/mol. The van der Waals surface area contributed by atoms with Crippen LogP contribution in [-0.4, -0.2) is 18.5 Å². The first-order valence-corrected chi connectivity index (χ1v) is 6.84. The van der Waals surface area contributed by atoms with E-state index in [2.05, 4.69) is 10.6 Å². The Morgan fingerprint density at radius 2 is 2.11 bits per heavy atom. The second-order valence-corrected chi connectivity index (χ2v) is 5.22. The van der Waals surface area contributed by atoms with Crippen molar-refractivity contribution in [3.8, 4) is 0 Å². The van der Waals surface area contributed by atoms with Crippen LogP contribution in [0.3, 0.4) is 0 Å². The minimum atomic E-state index is -0.0338. The molecule has 1 amide bonds. The fourth-order valence-electron chi connectivity index (χ4n) is 2.22. The average Bonchev–Trinajstić information content (AvgIpc) is 2.40. The minimum absolute atomic E-state index is 0.0125. The molecule has 2 atom stereocenters. The number of piperidine rings is 1. The Morgan fingerprint density at radius 1 is 1.39 bits per heavy atom. The molecule has 0 saturated carbocycles. The summed E-state index contributed by atoms with van der Waals surface area (Å²) < 4.78 is 0. The van der Waals surface area contributed by atoms with Crippen LogP contribution in [0.15, 0.2) is 24.3 Å². The molecule has 18 heavy (non-hydrogen) atoms. The smallest absolute Gasteiger partial charge is 0.237 e. The number of hydrogen-bond donors (Lipinski definition) is 2. The van der Waals surface area contributed by atoms with Crippen molar-refractivity contribution in [3.63, 3.8) is 0 Å². The predicted octanol–water partition coefficient (Wildman–Crippen LogP) is 2.66. The van der Waals surface area contributed by atoms with Gasteiger partial charge in [-0.1, -0.05) is 30.2 Å². The van der Waals surface area contributed by atoms with E-state index in [-0.39, 0.29) is 18.0 Å². The van der Waals surface area contributed by atoms with Gasteiger partial charge in [0.15, 0.2) is 0 Å². The van der Waals surface area contributed by atoms with E-state index in [9.17, 15) is 4.79 Å². The number of carbonyl (C=O) groups is 1. The highest BCUT2D eigenvalue weighted by Gasteiger charge is 2.21. The van der Waals surface area contributed by atoms with E-state index >= 15 is 0 Å². The Labute approximate surface area is 113 Å². The number of halogens is 1. The fraction of sp³-hybridized carbons (Fsp3) is 0.500. The molecule has 1 fully saturated rings. The highest BCUT2D eigenvalue weighted by atomic mass is 35.5. The van der Waals surface area contributed by atoms with E-state index in [0.717, 1.165) is 31.4 Å². The zero-order chi connectivity index (χ0) is 13.0. The molecule has 0 aromatic heterocycles. The fourth-order valence-corrected chi connectivity index (χ4v) is 2.35. The van der Waals surface area contributed by atoms with E-state index in [4.69, 9.17) is 11.6 Å². The van der Waals surface area contributed by atoms with Crippen LogP contribution in [0, 0.1) is 0 Å². The van der Waals surface area contributed by atoms with E-state index in [1.165, 1.54) is 0 Å². The van der Waals surface area contributed by atoms with Gasteiger partial charge >= 0.3 is 0 Å². The quantitative estimate of drug-likeness (QED) is 0.883. The molecule has 4 heteroatoms. The van der Waals surface area contributed by atoms with Gasteiger partial charge in [-0.3, -0.25) is 4.79 Å². The van der Waals surface area contributed by atoms with Crippen molar-refractivity contribution in [2.75, 3.05) is 6.54 Å². The van der Waals surface area contributed by atoms with Gasteiger partial charge in [0.2, 0.25) is 5.91 Å². The molecule has 1 aliphatic heterocycles. The zero-order valence-electron chi connectivity index (χ0n) is 10.6. The summed E-state index contributed by atoms with van der Waals surface area (Å²) in [5.41, 5.74) is 1.07. The van der Waals surface area contributed by atoms with Crippen molar-refractivity contribution in [2.24, 2.45) is 0 Å². The molecule has 98 valence electrons. The molecule has 1 aliphatic rings. The average molecular weight is 267 g/mol. The molecule has 0 bridgehead atoms. The summed E-state index contributed by atoms with van der Waals surface area (Å²) in [6.07, 6.45) is 3.22. The maximum absolute atomic E-state index is 12.0. The van der Waals surface area contributed by atoms with Crippen LogP contribution in [0.2, 0.25) is 5.02 Å². The van der Waals surface area contributed by atoms with Gasteiger partial charge in [0.25, 0.3) is 0 Å². The normalized spacial score (nSPS) is 21.3.